The second-order valence-electron chi connectivity index (χ2n) is 5.27. The monoisotopic (exact) mass is 309 g/mol. The average molecular weight is 309 g/mol. The van der Waals surface area contributed by atoms with Gasteiger partial charge in [-0.05, 0) is 11.6 Å². The van der Waals surface area contributed by atoms with Crippen LogP contribution in [-0.4, -0.2) is 44.8 Å². The van der Waals surface area contributed by atoms with E-state index in [-0.39, 0.29) is 0 Å². The summed E-state index contributed by atoms with van der Waals surface area (Å²) in [6.07, 6.45) is 2.80. The molecule has 0 atom stereocenters. The van der Waals surface area contributed by atoms with Gasteiger partial charge in [0.15, 0.2) is 5.79 Å². The molecule has 3 rings (SSSR count). The molecule has 1 aromatic carbocycles. The fraction of sp³-hybridized carbons (Fsp3) is 0.467. The highest BCUT2D eigenvalue weighted by atomic mass is 32.2. The van der Waals surface area contributed by atoms with Crippen molar-refractivity contribution in [1.29, 1.82) is 0 Å². The van der Waals surface area contributed by atoms with E-state index >= 15 is 0 Å². The molecule has 0 unspecified atom stereocenters. The molecule has 0 aliphatic carbocycles. The lowest BCUT2D eigenvalue weighted by molar-refractivity contribution is -0.179. The maximum atomic E-state index is 12.3. The molecule has 0 saturated carbocycles. The van der Waals surface area contributed by atoms with Gasteiger partial charge in [-0.3, -0.25) is 0 Å². The Labute approximate surface area is 125 Å². The van der Waals surface area contributed by atoms with E-state index in [4.69, 9.17) is 9.47 Å². The standard InChI is InChI=1S/C15H19NO4S/c17-21(18,13-6-14-4-2-1-3-5-14)16-9-7-15(8-10-16)19-11-12-20-15/h1-6,13H,7-12H2/b13-6+. The second kappa shape index (κ2) is 5.88. The molecule has 2 saturated heterocycles. The molecule has 1 spiro atoms. The number of ether oxygens (including phenoxy) is 2. The minimum atomic E-state index is -3.39. The van der Waals surface area contributed by atoms with Gasteiger partial charge in [0.25, 0.3) is 0 Å². The molecule has 21 heavy (non-hydrogen) atoms. The fourth-order valence-electron chi connectivity index (χ4n) is 2.68. The third kappa shape index (κ3) is 3.35. The van der Waals surface area contributed by atoms with Crippen molar-refractivity contribution in [3.63, 3.8) is 0 Å². The lowest BCUT2D eigenvalue weighted by Crippen LogP contribution is -2.46. The van der Waals surface area contributed by atoms with Gasteiger partial charge in [-0.2, -0.15) is 4.31 Å². The summed E-state index contributed by atoms with van der Waals surface area (Å²) < 4.78 is 37.3. The first-order valence-corrected chi connectivity index (χ1v) is 8.61. The largest absolute Gasteiger partial charge is 0.347 e. The molecule has 1 aromatic rings. The van der Waals surface area contributed by atoms with Gasteiger partial charge in [0, 0.05) is 31.3 Å². The number of benzene rings is 1. The molecule has 2 heterocycles. The summed E-state index contributed by atoms with van der Waals surface area (Å²) in [5.41, 5.74) is 0.872. The van der Waals surface area contributed by atoms with Crippen LogP contribution in [0.5, 0.6) is 0 Å². The van der Waals surface area contributed by atoms with Crippen molar-refractivity contribution in [2.24, 2.45) is 0 Å². The Morgan fingerprint density at radius 2 is 1.67 bits per heavy atom. The van der Waals surface area contributed by atoms with Crippen LogP contribution in [0.2, 0.25) is 0 Å². The van der Waals surface area contributed by atoms with Crippen molar-refractivity contribution in [1.82, 2.24) is 4.31 Å². The Hall–Kier alpha value is -1.21. The van der Waals surface area contributed by atoms with Gasteiger partial charge < -0.3 is 9.47 Å². The van der Waals surface area contributed by atoms with Crippen LogP contribution in [0.25, 0.3) is 6.08 Å². The van der Waals surface area contributed by atoms with Gasteiger partial charge in [0.2, 0.25) is 10.0 Å². The first-order chi connectivity index (χ1) is 10.1. The quantitative estimate of drug-likeness (QED) is 0.855. The predicted molar refractivity (Wildman–Crippen MR) is 79.8 cm³/mol. The van der Waals surface area contributed by atoms with Crippen LogP contribution < -0.4 is 0 Å². The molecule has 2 fully saturated rings. The third-order valence-electron chi connectivity index (χ3n) is 3.89. The number of sulfonamides is 1. The molecule has 5 nitrogen and oxygen atoms in total. The van der Waals surface area contributed by atoms with E-state index < -0.39 is 15.8 Å². The van der Waals surface area contributed by atoms with Crippen LogP contribution in [0.15, 0.2) is 35.7 Å². The molecular formula is C15H19NO4S. The van der Waals surface area contributed by atoms with Crippen LogP contribution in [0, 0.1) is 0 Å². The van der Waals surface area contributed by atoms with Crippen LogP contribution in [-0.2, 0) is 19.5 Å². The Kier molecular flexibility index (Phi) is 4.12. The van der Waals surface area contributed by atoms with Crippen molar-refractivity contribution in [2.75, 3.05) is 26.3 Å². The molecule has 0 N–H and O–H groups in total. The molecule has 114 valence electrons. The summed E-state index contributed by atoms with van der Waals surface area (Å²) in [4.78, 5) is 0. The van der Waals surface area contributed by atoms with Gasteiger partial charge in [0.1, 0.15) is 0 Å². The van der Waals surface area contributed by atoms with Gasteiger partial charge >= 0.3 is 0 Å². The third-order valence-corrected chi connectivity index (χ3v) is 5.45. The summed E-state index contributed by atoms with van der Waals surface area (Å²) in [5, 5.41) is 1.27. The Balaban J connectivity index is 1.65. The summed E-state index contributed by atoms with van der Waals surface area (Å²) in [7, 11) is -3.39. The summed E-state index contributed by atoms with van der Waals surface area (Å²) >= 11 is 0. The van der Waals surface area contributed by atoms with Crippen molar-refractivity contribution in [3.05, 3.63) is 41.3 Å². The molecule has 0 bridgehead atoms. The molecular weight excluding hydrogens is 290 g/mol. The molecule has 2 aliphatic heterocycles. The van der Waals surface area contributed by atoms with E-state index in [1.54, 1.807) is 6.08 Å². The maximum Gasteiger partial charge on any atom is 0.236 e. The SMILES string of the molecule is O=S(=O)(/C=C/c1ccccc1)N1CCC2(CC1)OCCO2. The molecule has 2 aliphatic rings. The first kappa shape index (κ1) is 14.7. The van der Waals surface area contributed by atoms with E-state index in [1.165, 1.54) is 9.71 Å². The van der Waals surface area contributed by atoms with Gasteiger partial charge in [0.05, 0.1) is 13.2 Å². The average Bonchev–Trinajstić information content (AvgIpc) is 2.95. The van der Waals surface area contributed by atoms with E-state index in [0.29, 0.717) is 39.1 Å². The van der Waals surface area contributed by atoms with Gasteiger partial charge in [-0.1, -0.05) is 30.3 Å². The highest BCUT2D eigenvalue weighted by Crippen LogP contribution is 2.32. The van der Waals surface area contributed by atoms with E-state index in [1.807, 2.05) is 30.3 Å². The summed E-state index contributed by atoms with van der Waals surface area (Å²) in [6, 6.07) is 9.41. The zero-order chi connectivity index (χ0) is 14.8. The van der Waals surface area contributed by atoms with Crippen molar-refractivity contribution in [3.8, 4) is 0 Å². The lowest BCUT2D eigenvalue weighted by Gasteiger charge is -2.36. The first-order valence-electron chi connectivity index (χ1n) is 7.11. The van der Waals surface area contributed by atoms with Crippen molar-refractivity contribution < 1.29 is 17.9 Å². The Bertz CT molecular complexity index is 596. The van der Waals surface area contributed by atoms with E-state index in [2.05, 4.69) is 0 Å². The van der Waals surface area contributed by atoms with Crippen LogP contribution in [0.1, 0.15) is 18.4 Å². The smallest absolute Gasteiger partial charge is 0.236 e. The van der Waals surface area contributed by atoms with Crippen molar-refractivity contribution in [2.45, 2.75) is 18.6 Å². The zero-order valence-electron chi connectivity index (χ0n) is 11.8. The predicted octanol–water partition coefficient (Wildman–Crippen LogP) is 1.83. The van der Waals surface area contributed by atoms with Crippen LogP contribution in [0.4, 0.5) is 0 Å². The summed E-state index contributed by atoms with van der Waals surface area (Å²) in [5.74, 6) is -0.546. The highest BCUT2D eigenvalue weighted by Gasteiger charge is 2.41. The Morgan fingerprint density at radius 1 is 1.05 bits per heavy atom. The van der Waals surface area contributed by atoms with Gasteiger partial charge in [-0.25, -0.2) is 8.42 Å². The topological polar surface area (TPSA) is 55.8 Å². The fourth-order valence-corrected chi connectivity index (χ4v) is 3.87. The molecule has 0 radical (unpaired) electrons. The van der Waals surface area contributed by atoms with Crippen molar-refractivity contribution >= 4 is 16.1 Å². The highest BCUT2D eigenvalue weighted by molar-refractivity contribution is 7.92. The number of hydrogen-bond donors (Lipinski definition) is 0. The van der Waals surface area contributed by atoms with E-state index in [0.717, 1.165) is 5.56 Å². The van der Waals surface area contributed by atoms with Crippen LogP contribution in [0.3, 0.4) is 0 Å². The van der Waals surface area contributed by atoms with E-state index in [9.17, 15) is 8.42 Å². The zero-order valence-corrected chi connectivity index (χ0v) is 12.6. The molecule has 0 aromatic heterocycles. The number of hydrogen-bond acceptors (Lipinski definition) is 4. The number of piperidine rings is 1. The number of nitrogens with zero attached hydrogens (tertiary/aromatic N) is 1. The summed E-state index contributed by atoms with van der Waals surface area (Å²) in [6.45, 7) is 2.06. The normalized spacial score (nSPS) is 23.0. The molecule has 6 heteroatoms. The molecule has 0 amide bonds. The van der Waals surface area contributed by atoms with Gasteiger partial charge in [-0.15, -0.1) is 0 Å². The second-order valence-corrected chi connectivity index (χ2v) is 7.08. The van der Waals surface area contributed by atoms with Crippen LogP contribution >= 0.6 is 0 Å². The minimum absolute atomic E-state index is 0.432. The Morgan fingerprint density at radius 3 is 2.29 bits per heavy atom. The number of rotatable bonds is 3. The lowest BCUT2D eigenvalue weighted by atomic mass is 10.1. The minimum Gasteiger partial charge on any atom is -0.347 e. The maximum absolute atomic E-state index is 12.3.